The van der Waals surface area contributed by atoms with Gasteiger partial charge in [-0.05, 0) is 47.2 Å². The third kappa shape index (κ3) is 2.79. The summed E-state index contributed by atoms with van der Waals surface area (Å²) in [7, 11) is 0. The van der Waals surface area contributed by atoms with Crippen molar-refractivity contribution in [1.29, 1.82) is 0 Å². The predicted molar refractivity (Wildman–Crippen MR) is 133 cm³/mol. The minimum absolute atomic E-state index is 0.638. The molecule has 0 aliphatic carbocycles. The molecule has 7 rings (SSSR count). The molecule has 3 aromatic carbocycles. The van der Waals surface area contributed by atoms with Crippen LogP contribution in [0.4, 0.5) is 0 Å². The summed E-state index contributed by atoms with van der Waals surface area (Å²) in [4.78, 5) is 10.0. The summed E-state index contributed by atoms with van der Waals surface area (Å²) in [6.07, 6.45) is 6.18. The van der Waals surface area contributed by atoms with Gasteiger partial charge in [0.15, 0.2) is 0 Å². The average Bonchev–Trinajstić information content (AvgIpc) is 3.60. The lowest BCUT2D eigenvalue weighted by molar-refractivity contribution is 0.891. The first-order valence-corrected chi connectivity index (χ1v) is 10.9. The zero-order chi connectivity index (χ0) is 21.8. The van der Waals surface area contributed by atoms with E-state index in [1.165, 1.54) is 10.8 Å². The first-order chi connectivity index (χ1) is 16.3. The van der Waals surface area contributed by atoms with E-state index in [1.807, 2.05) is 24.4 Å². The SMILES string of the molecule is c1ccc2c(c1)ccn2-c1cc(-n2ccc3ccccc32)nc(-n2ccc3ccccc32)n1. The Labute approximate surface area is 189 Å². The molecule has 5 nitrogen and oxygen atoms in total. The Morgan fingerprint density at radius 1 is 0.424 bits per heavy atom. The smallest absolute Gasteiger partial charge is 0.238 e. The Morgan fingerprint density at radius 2 is 0.818 bits per heavy atom. The number of fused-ring (bicyclic) bond motifs is 3. The first kappa shape index (κ1) is 18.0. The van der Waals surface area contributed by atoms with Crippen LogP contribution in [-0.4, -0.2) is 23.7 Å². The lowest BCUT2D eigenvalue weighted by Crippen LogP contribution is -2.08. The fourth-order valence-electron chi connectivity index (χ4n) is 4.59. The first-order valence-electron chi connectivity index (χ1n) is 10.9. The van der Waals surface area contributed by atoms with Crippen molar-refractivity contribution in [2.75, 3.05) is 0 Å². The molecule has 0 saturated heterocycles. The summed E-state index contributed by atoms with van der Waals surface area (Å²) in [5.74, 6) is 2.29. The van der Waals surface area contributed by atoms with Crippen LogP contribution in [0.25, 0.3) is 50.3 Å². The lowest BCUT2D eigenvalue weighted by Gasteiger charge is -2.13. The summed E-state index contributed by atoms with van der Waals surface area (Å²) in [5.41, 5.74) is 3.31. The Balaban J connectivity index is 1.52. The third-order valence-corrected chi connectivity index (χ3v) is 6.19. The minimum Gasteiger partial charge on any atom is -0.301 e. The van der Waals surface area contributed by atoms with Crippen molar-refractivity contribution in [2.24, 2.45) is 0 Å². The van der Waals surface area contributed by atoms with Gasteiger partial charge >= 0.3 is 0 Å². The van der Waals surface area contributed by atoms with Gasteiger partial charge in [-0.2, -0.15) is 9.97 Å². The normalized spacial score (nSPS) is 11.6. The van der Waals surface area contributed by atoms with Gasteiger partial charge in [0.2, 0.25) is 5.95 Å². The summed E-state index contributed by atoms with van der Waals surface area (Å²) in [6.45, 7) is 0. The van der Waals surface area contributed by atoms with E-state index in [0.717, 1.165) is 33.6 Å². The number of benzene rings is 3. The van der Waals surface area contributed by atoms with Gasteiger partial charge < -0.3 is 9.13 Å². The van der Waals surface area contributed by atoms with Crippen molar-refractivity contribution in [1.82, 2.24) is 23.7 Å². The zero-order valence-corrected chi connectivity index (χ0v) is 17.7. The second-order valence-corrected chi connectivity index (χ2v) is 8.12. The molecule has 0 aliphatic rings. The molecule has 0 spiro atoms. The number of rotatable bonds is 3. The van der Waals surface area contributed by atoms with Crippen LogP contribution >= 0.6 is 0 Å². The molecule has 0 N–H and O–H groups in total. The van der Waals surface area contributed by atoms with E-state index >= 15 is 0 Å². The van der Waals surface area contributed by atoms with Crippen LogP contribution in [0.5, 0.6) is 0 Å². The van der Waals surface area contributed by atoms with Crippen LogP contribution in [0, 0.1) is 0 Å². The molecule has 4 aromatic heterocycles. The van der Waals surface area contributed by atoms with Gasteiger partial charge in [-0.25, -0.2) is 0 Å². The van der Waals surface area contributed by atoms with Crippen molar-refractivity contribution in [3.05, 3.63) is 116 Å². The molecule has 0 unspecified atom stereocenters. The average molecular weight is 425 g/mol. The quantitative estimate of drug-likeness (QED) is 0.333. The molecular formula is C28H19N5. The minimum atomic E-state index is 0.638. The standard InChI is InChI=1S/C28H19N5/c1-4-10-23-20(7-1)13-16-31(23)26-19-27(32-17-14-21-8-2-5-11-24(21)32)30-28(29-26)33-18-15-22-9-3-6-12-25(22)33/h1-19H. The maximum absolute atomic E-state index is 5.01. The topological polar surface area (TPSA) is 40.6 Å². The molecule has 33 heavy (non-hydrogen) atoms. The highest BCUT2D eigenvalue weighted by Crippen LogP contribution is 2.25. The van der Waals surface area contributed by atoms with Gasteiger partial charge in [-0.15, -0.1) is 0 Å². The fraction of sp³-hybridized carbons (Fsp3) is 0. The Hall–Kier alpha value is -4.64. The molecule has 0 aliphatic heterocycles. The summed E-state index contributed by atoms with van der Waals surface area (Å²) >= 11 is 0. The maximum atomic E-state index is 5.01. The number of hydrogen-bond donors (Lipinski definition) is 0. The maximum Gasteiger partial charge on any atom is 0.238 e. The lowest BCUT2D eigenvalue weighted by atomic mass is 10.2. The molecule has 0 radical (unpaired) electrons. The second kappa shape index (κ2) is 6.93. The van der Waals surface area contributed by atoms with Crippen molar-refractivity contribution in [3.8, 4) is 17.6 Å². The van der Waals surface area contributed by atoms with Crippen molar-refractivity contribution in [3.63, 3.8) is 0 Å². The highest BCUT2D eigenvalue weighted by Gasteiger charge is 2.14. The molecule has 0 atom stereocenters. The van der Waals surface area contributed by atoms with E-state index in [-0.39, 0.29) is 0 Å². The van der Waals surface area contributed by atoms with Crippen LogP contribution in [0.1, 0.15) is 0 Å². The Kier molecular flexibility index (Phi) is 3.78. The largest absolute Gasteiger partial charge is 0.301 e. The highest BCUT2D eigenvalue weighted by atomic mass is 15.2. The highest BCUT2D eigenvalue weighted by molar-refractivity contribution is 5.84. The van der Waals surface area contributed by atoms with Crippen LogP contribution in [-0.2, 0) is 0 Å². The van der Waals surface area contributed by atoms with Gasteiger partial charge in [-0.3, -0.25) is 4.57 Å². The zero-order valence-electron chi connectivity index (χ0n) is 17.7. The molecule has 0 amide bonds. The molecular weight excluding hydrogens is 406 g/mol. The second-order valence-electron chi connectivity index (χ2n) is 8.12. The van der Waals surface area contributed by atoms with Crippen molar-refractivity contribution < 1.29 is 0 Å². The van der Waals surface area contributed by atoms with E-state index in [1.54, 1.807) is 0 Å². The van der Waals surface area contributed by atoms with E-state index < -0.39 is 0 Å². The summed E-state index contributed by atoms with van der Waals surface area (Å²) in [6, 6.07) is 33.4. The molecule has 0 saturated carbocycles. The number of hydrogen-bond acceptors (Lipinski definition) is 2. The van der Waals surface area contributed by atoms with Gasteiger partial charge in [0.05, 0.1) is 16.6 Å². The van der Waals surface area contributed by atoms with E-state index in [4.69, 9.17) is 9.97 Å². The molecule has 4 heterocycles. The van der Waals surface area contributed by atoms with Crippen LogP contribution < -0.4 is 0 Å². The van der Waals surface area contributed by atoms with Crippen LogP contribution in [0.3, 0.4) is 0 Å². The number of nitrogens with zero attached hydrogens (tertiary/aromatic N) is 5. The third-order valence-electron chi connectivity index (χ3n) is 6.19. The Bertz CT molecular complexity index is 1560. The van der Waals surface area contributed by atoms with Gasteiger partial charge in [0.25, 0.3) is 0 Å². The molecule has 0 bridgehead atoms. The van der Waals surface area contributed by atoms with Gasteiger partial charge in [0.1, 0.15) is 11.6 Å². The molecule has 5 heteroatoms. The van der Waals surface area contributed by atoms with E-state index in [2.05, 4.69) is 105 Å². The summed E-state index contributed by atoms with van der Waals surface area (Å²) in [5, 5.41) is 3.51. The van der Waals surface area contributed by atoms with Crippen LogP contribution in [0.2, 0.25) is 0 Å². The number of para-hydroxylation sites is 3. The number of aromatic nitrogens is 5. The van der Waals surface area contributed by atoms with E-state index in [9.17, 15) is 0 Å². The van der Waals surface area contributed by atoms with Crippen molar-refractivity contribution in [2.45, 2.75) is 0 Å². The summed E-state index contributed by atoms with van der Waals surface area (Å²) < 4.78 is 6.31. The molecule has 7 aromatic rings. The monoisotopic (exact) mass is 425 g/mol. The predicted octanol–water partition coefficient (Wildman–Crippen LogP) is 6.31. The van der Waals surface area contributed by atoms with Crippen molar-refractivity contribution >= 4 is 32.7 Å². The molecule has 0 fully saturated rings. The molecule has 156 valence electrons. The Morgan fingerprint density at radius 3 is 1.30 bits per heavy atom. The van der Waals surface area contributed by atoms with Crippen LogP contribution in [0.15, 0.2) is 116 Å². The van der Waals surface area contributed by atoms with Gasteiger partial charge in [-0.1, -0.05) is 54.6 Å². The fourth-order valence-corrected chi connectivity index (χ4v) is 4.59. The van der Waals surface area contributed by atoms with Gasteiger partial charge in [0, 0.05) is 30.0 Å². The van der Waals surface area contributed by atoms with E-state index in [0.29, 0.717) is 5.95 Å².